The van der Waals surface area contributed by atoms with Crippen LogP contribution in [-0.2, 0) is 0 Å². The highest BCUT2D eigenvalue weighted by molar-refractivity contribution is 7.80. The van der Waals surface area contributed by atoms with Crippen molar-refractivity contribution >= 4 is 28.8 Å². The summed E-state index contributed by atoms with van der Waals surface area (Å²) >= 11 is 5.25. The second kappa shape index (κ2) is 7.43. The minimum Gasteiger partial charge on any atom is -0.362 e. The van der Waals surface area contributed by atoms with E-state index in [9.17, 15) is 0 Å². The van der Waals surface area contributed by atoms with Gasteiger partial charge in [-0.25, -0.2) is 4.98 Å². The number of anilines is 2. The van der Waals surface area contributed by atoms with E-state index in [-0.39, 0.29) is 0 Å². The Morgan fingerprint density at radius 1 is 1.30 bits per heavy atom. The summed E-state index contributed by atoms with van der Waals surface area (Å²) in [5.41, 5.74) is 0.937. The van der Waals surface area contributed by atoms with Crippen LogP contribution in [-0.4, -0.2) is 29.7 Å². The Bertz CT molecular complexity index is 424. The van der Waals surface area contributed by atoms with Crippen LogP contribution in [0.4, 0.5) is 11.5 Å². The molecule has 1 aliphatic rings. The van der Waals surface area contributed by atoms with Crippen molar-refractivity contribution in [3.05, 3.63) is 18.3 Å². The molecule has 0 spiro atoms. The summed E-state index contributed by atoms with van der Waals surface area (Å²) in [6.45, 7) is 7.43. The summed E-state index contributed by atoms with van der Waals surface area (Å²) in [4.78, 5) is 6.88. The van der Waals surface area contributed by atoms with Crippen LogP contribution in [0.1, 0.15) is 33.1 Å². The molecule has 0 atom stereocenters. The Morgan fingerprint density at radius 3 is 2.65 bits per heavy atom. The van der Waals surface area contributed by atoms with Gasteiger partial charge in [-0.2, -0.15) is 0 Å². The third-order valence-corrected chi connectivity index (χ3v) is 3.60. The summed E-state index contributed by atoms with van der Waals surface area (Å²) in [7, 11) is 0. The highest BCUT2D eigenvalue weighted by Crippen LogP contribution is 2.18. The van der Waals surface area contributed by atoms with E-state index in [1.54, 1.807) is 0 Å². The highest BCUT2D eigenvalue weighted by Gasteiger charge is 2.11. The predicted octanol–water partition coefficient (Wildman–Crippen LogP) is 3.01. The summed E-state index contributed by atoms with van der Waals surface area (Å²) in [6.07, 6.45) is 5.73. The van der Waals surface area contributed by atoms with E-state index in [0.717, 1.165) is 31.1 Å². The molecule has 1 aromatic heterocycles. The van der Waals surface area contributed by atoms with Gasteiger partial charge in [0.2, 0.25) is 0 Å². The highest BCUT2D eigenvalue weighted by atomic mass is 32.1. The van der Waals surface area contributed by atoms with Crippen LogP contribution in [0.25, 0.3) is 0 Å². The van der Waals surface area contributed by atoms with Crippen LogP contribution >= 0.6 is 12.2 Å². The Morgan fingerprint density at radius 2 is 2.05 bits per heavy atom. The topological polar surface area (TPSA) is 40.2 Å². The van der Waals surface area contributed by atoms with Crippen molar-refractivity contribution in [2.45, 2.75) is 33.1 Å². The number of aromatic nitrogens is 1. The number of piperidine rings is 1. The third kappa shape index (κ3) is 4.63. The molecule has 1 fully saturated rings. The van der Waals surface area contributed by atoms with Gasteiger partial charge in [0.05, 0.1) is 11.9 Å². The molecule has 1 saturated heterocycles. The van der Waals surface area contributed by atoms with E-state index >= 15 is 0 Å². The van der Waals surface area contributed by atoms with Gasteiger partial charge in [-0.15, -0.1) is 0 Å². The fourth-order valence-electron chi connectivity index (χ4n) is 2.24. The summed E-state index contributed by atoms with van der Waals surface area (Å²) in [5.74, 6) is 1.64. The van der Waals surface area contributed by atoms with E-state index in [2.05, 4.69) is 40.4 Å². The molecule has 5 heteroatoms. The van der Waals surface area contributed by atoms with Gasteiger partial charge in [0.25, 0.3) is 0 Å². The number of rotatable bonds is 4. The largest absolute Gasteiger partial charge is 0.362 e. The summed E-state index contributed by atoms with van der Waals surface area (Å²) in [6, 6.07) is 4.11. The van der Waals surface area contributed by atoms with Gasteiger partial charge >= 0.3 is 0 Å². The van der Waals surface area contributed by atoms with Gasteiger partial charge in [-0.05, 0) is 49.5 Å². The number of hydrogen-bond acceptors (Lipinski definition) is 3. The number of pyridine rings is 1. The SMILES string of the molecule is CC(C)CNC(=S)Nc1ccc(N2CCCCC2)nc1. The van der Waals surface area contributed by atoms with E-state index in [1.807, 2.05) is 12.3 Å². The average molecular weight is 292 g/mol. The maximum Gasteiger partial charge on any atom is 0.170 e. The first-order valence-electron chi connectivity index (χ1n) is 7.41. The Balaban J connectivity index is 1.86. The first-order chi connectivity index (χ1) is 9.65. The fraction of sp³-hybridized carbons (Fsp3) is 0.600. The molecule has 0 amide bonds. The van der Waals surface area contributed by atoms with Crippen LogP contribution in [0.15, 0.2) is 18.3 Å². The van der Waals surface area contributed by atoms with Gasteiger partial charge in [0, 0.05) is 19.6 Å². The van der Waals surface area contributed by atoms with Crippen molar-refractivity contribution in [1.29, 1.82) is 0 Å². The molecule has 1 aromatic rings. The average Bonchev–Trinajstić information content (AvgIpc) is 2.47. The molecule has 0 bridgehead atoms. The van der Waals surface area contributed by atoms with Crippen LogP contribution < -0.4 is 15.5 Å². The standard InChI is InChI=1S/C15H24N4S/c1-12(2)10-17-15(20)18-13-6-7-14(16-11-13)19-8-4-3-5-9-19/h6-7,11-12H,3-5,8-10H2,1-2H3,(H2,17,18,20). The molecule has 4 nitrogen and oxygen atoms in total. The number of hydrogen-bond donors (Lipinski definition) is 2. The van der Waals surface area contributed by atoms with Crippen LogP contribution in [0.5, 0.6) is 0 Å². The quantitative estimate of drug-likeness (QED) is 0.835. The van der Waals surface area contributed by atoms with Crippen molar-refractivity contribution in [3.63, 3.8) is 0 Å². The molecule has 0 unspecified atom stereocenters. The van der Waals surface area contributed by atoms with Gasteiger partial charge < -0.3 is 15.5 Å². The van der Waals surface area contributed by atoms with Crippen LogP contribution in [0, 0.1) is 5.92 Å². The molecule has 0 aromatic carbocycles. The van der Waals surface area contributed by atoms with Crippen molar-refractivity contribution < 1.29 is 0 Å². The first kappa shape index (κ1) is 15.0. The van der Waals surface area contributed by atoms with Gasteiger partial charge in [-0.3, -0.25) is 0 Å². The van der Waals surface area contributed by atoms with E-state index < -0.39 is 0 Å². The first-order valence-corrected chi connectivity index (χ1v) is 7.82. The second-order valence-corrected chi connectivity index (χ2v) is 6.09. The lowest BCUT2D eigenvalue weighted by Crippen LogP contribution is -2.32. The van der Waals surface area contributed by atoms with Crippen molar-refractivity contribution in [2.75, 3.05) is 29.9 Å². The van der Waals surface area contributed by atoms with Crippen LogP contribution in [0.3, 0.4) is 0 Å². The van der Waals surface area contributed by atoms with Gasteiger partial charge in [0.15, 0.2) is 5.11 Å². The zero-order valence-electron chi connectivity index (χ0n) is 12.4. The van der Waals surface area contributed by atoms with Crippen molar-refractivity contribution in [3.8, 4) is 0 Å². The molecule has 1 aliphatic heterocycles. The van der Waals surface area contributed by atoms with Gasteiger partial charge in [0.1, 0.15) is 5.82 Å². The number of nitrogens with zero attached hydrogens (tertiary/aromatic N) is 2. The van der Waals surface area contributed by atoms with E-state index in [4.69, 9.17) is 12.2 Å². The zero-order valence-corrected chi connectivity index (χ0v) is 13.2. The Kier molecular flexibility index (Phi) is 5.59. The van der Waals surface area contributed by atoms with Crippen LogP contribution in [0.2, 0.25) is 0 Å². The molecule has 0 saturated carbocycles. The molecule has 20 heavy (non-hydrogen) atoms. The lowest BCUT2D eigenvalue weighted by Gasteiger charge is -2.27. The van der Waals surface area contributed by atoms with Gasteiger partial charge in [-0.1, -0.05) is 13.8 Å². The molecule has 2 heterocycles. The smallest absolute Gasteiger partial charge is 0.170 e. The van der Waals surface area contributed by atoms with Crippen molar-refractivity contribution in [2.24, 2.45) is 5.92 Å². The molecule has 0 aliphatic carbocycles. The third-order valence-electron chi connectivity index (χ3n) is 3.36. The number of thiocarbonyl (C=S) groups is 1. The molecule has 2 rings (SSSR count). The molecule has 110 valence electrons. The molecular weight excluding hydrogens is 268 g/mol. The maximum absolute atomic E-state index is 5.25. The number of nitrogens with one attached hydrogen (secondary N) is 2. The van der Waals surface area contributed by atoms with E-state index in [1.165, 1.54) is 19.3 Å². The monoisotopic (exact) mass is 292 g/mol. The molecule has 2 N–H and O–H groups in total. The lowest BCUT2D eigenvalue weighted by molar-refractivity contribution is 0.573. The molecular formula is C15H24N4S. The minimum absolute atomic E-state index is 0.578. The molecule has 0 radical (unpaired) electrons. The fourth-order valence-corrected chi connectivity index (χ4v) is 2.44. The normalized spacial score (nSPS) is 15.2. The Hall–Kier alpha value is -1.36. The maximum atomic E-state index is 5.25. The summed E-state index contributed by atoms with van der Waals surface area (Å²) < 4.78 is 0. The van der Waals surface area contributed by atoms with E-state index in [0.29, 0.717) is 11.0 Å². The zero-order chi connectivity index (χ0) is 14.4. The summed E-state index contributed by atoms with van der Waals surface area (Å²) in [5, 5.41) is 7.02. The second-order valence-electron chi connectivity index (χ2n) is 5.68. The predicted molar refractivity (Wildman–Crippen MR) is 89.4 cm³/mol. The minimum atomic E-state index is 0.578. The van der Waals surface area contributed by atoms with Crippen molar-refractivity contribution in [1.82, 2.24) is 10.3 Å². The lowest BCUT2D eigenvalue weighted by atomic mass is 10.1. The Labute approximate surface area is 127 Å².